The van der Waals surface area contributed by atoms with Gasteiger partial charge in [-0.25, -0.2) is 4.98 Å². The number of pyridine rings is 1. The van der Waals surface area contributed by atoms with E-state index in [1.54, 1.807) is 0 Å². The molecule has 4 rings (SSSR count). The van der Waals surface area contributed by atoms with Crippen molar-refractivity contribution in [3.8, 4) is 0 Å². The summed E-state index contributed by atoms with van der Waals surface area (Å²) in [5.41, 5.74) is 9.44. The SMILES string of the molecule is Nc1cccc2c1C[C@H](N1CCN(c3ccccn3)CC1)[C@@H](O)C2. The number of anilines is 2. The minimum absolute atomic E-state index is 0.160. The van der Waals surface area contributed by atoms with Crippen LogP contribution < -0.4 is 10.6 Å². The van der Waals surface area contributed by atoms with Crippen molar-refractivity contribution in [2.45, 2.75) is 25.0 Å². The molecule has 0 radical (unpaired) electrons. The third kappa shape index (κ3) is 2.85. The number of benzene rings is 1. The molecular formula is C19H24N4O. The van der Waals surface area contributed by atoms with Crippen LogP contribution in [0.2, 0.25) is 0 Å². The molecule has 1 saturated heterocycles. The first-order valence-electron chi connectivity index (χ1n) is 8.67. The Bertz CT molecular complexity index is 698. The van der Waals surface area contributed by atoms with E-state index >= 15 is 0 Å². The summed E-state index contributed by atoms with van der Waals surface area (Å²) in [5.74, 6) is 1.04. The number of nitrogen functional groups attached to an aromatic ring is 1. The Balaban J connectivity index is 1.45. The average molecular weight is 324 g/mol. The van der Waals surface area contributed by atoms with Gasteiger partial charge >= 0.3 is 0 Å². The Morgan fingerprint density at radius 1 is 1.00 bits per heavy atom. The van der Waals surface area contributed by atoms with Crippen molar-refractivity contribution in [1.82, 2.24) is 9.88 Å². The highest BCUT2D eigenvalue weighted by molar-refractivity contribution is 5.52. The number of rotatable bonds is 2. The maximum Gasteiger partial charge on any atom is 0.128 e. The zero-order chi connectivity index (χ0) is 16.5. The molecule has 0 spiro atoms. The van der Waals surface area contributed by atoms with Crippen LogP contribution in [0.3, 0.4) is 0 Å². The number of piperazine rings is 1. The van der Waals surface area contributed by atoms with Crippen LogP contribution in [0.5, 0.6) is 0 Å². The van der Waals surface area contributed by atoms with Crippen molar-refractivity contribution in [1.29, 1.82) is 0 Å². The summed E-state index contributed by atoms with van der Waals surface area (Å²) in [5, 5.41) is 10.6. The Hall–Kier alpha value is -2.11. The van der Waals surface area contributed by atoms with Crippen LogP contribution >= 0.6 is 0 Å². The summed E-state index contributed by atoms with van der Waals surface area (Å²) >= 11 is 0. The number of nitrogens with two attached hydrogens (primary N) is 1. The fraction of sp³-hybridized carbons (Fsp3) is 0.421. The molecule has 2 atom stereocenters. The molecule has 0 bridgehead atoms. The van der Waals surface area contributed by atoms with Gasteiger partial charge in [0.15, 0.2) is 0 Å². The summed E-state index contributed by atoms with van der Waals surface area (Å²) in [6, 6.07) is 12.2. The van der Waals surface area contributed by atoms with Crippen LogP contribution in [0.1, 0.15) is 11.1 Å². The Kier molecular flexibility index (Phi) is 4.12. The first-order chi connectivity index (χ1) is 11.7. The van der Waals surface area contributed by atoms with E-state index in [-0.39, 0.29) is 12.1 Å². The monoisotopic (exact) mass is 324 g/mol. The maximum absolute atomic E-state index is 10.6. The molecule has 2 heterocycles. The molecule has 2 aliphatic rings. The normalized spacial score (nSPS) is 24.6. The first kappa shape index (κ1) is 15.4. The van der Waals surface area contributed by atoms with Gasteiger partial charge in [-0.3, -0.25) is 4.90 Å². The first-order valence-corrected chi connectivity index (χ1v) is 8.67. The maximum atomic E-state index is 10.6. The van der Waals surface area contributed by atoms with Gasteiger partial charge in [0, 0.05) is 50.5 Å². The highest BCUT2D eigenvalue weighted by atomic mass is 16.3. The number of fused-ring (bicyclic) bond motifs is 1. The number of aliphatic hydroxyl groups is 1. The molecular weight excluding hydrogens is 300 g/mol. The molecule has 1 aliphatic carbocycles. The molecule has 0 saturated carbocycles. The van der Waals surface area contributed by atoms with Gasteiger partial charge in [-0.15, -0.1) is 0 Å². The molecule has 1 fully saturated rings. The lowest BCUT2D eigenvalue weighted by Gasteiger charge is -2.43. The Morgan fingerprint density at radius 2 is 1.83 bits per heavy atom. The quantitative estimate of drug-likeness (QED) is 0.816. The van der Waals surface area contributed by atoms with Gasteiger partial charge in [0.1, 0.15) is 5.82 Å². The number of hydrogen-bond donors (Lipinski definition) is 2. The van der Waals surface area contributed by atoms with Gasteiger partial charge in [-0.05, 0) is 35.7 Å². The zero-order valence-corrected chi connectivity index (χ0v) is 13.8. The second-order valence-corrected chi connectivity index (χ2v) is 6.74. The van der Waals surface area contributed by atoms with Gasteiger partial charge in [0.05, 0.1) is 6.10 Å². The predicted octanol–water partition coefficient (Wildman–Crippen LogP) is 1.31. The summed E-state index contributed by atoms with van der Waals surface area (Å²) in [7, 11) is 0. The van der Waals surface area contributed by atoms with Crippen molar-refractivity contribution in [2.75, 3.05) is 36.8 Å². The molecule has 2 aromatic rings. The largest absolute Gasteiger partial charge is 0.398 e. The van der Waals surface area contributed by atoms with E-state index < -0.39 is 0 Å². The van der Waals surface area contributed by atoms with Gasteiger partial charge in [0.25, 0.3) is 0 Å². The van der Waals surface area contributed by atoms with Crippen molar-refractivity contribution < 1.29 is 5.11 Å². The van der Waals surface area contributed by atoms with Crippen molar-refractivity contribution in [2.24, 2.45) is 0 Å². The molecule has 1 aromatic carbocycles. The van der Waals surface area contributed by atoms with Gasteiger partial charge in [0.2, 0.25) is 0 Å². The second kappa shape index (κ2) is 6.42. The number of hydrogen-bond acceptors (Lipinski definition) is 5. The molecule has 0 amide bonds. The second-order valence-electron chi connectivity index (χ2n) is 6.74. The van der Waals surface area contributed by atoms with Crippen LogP contribution in [0.4, 0.5) is 11.5 Å². The number of aromatic nitrogens is 1. The molecule has 5 nitrogen and oxygen atoms in total. The molecule has 1 aromatic heterocycles. The van der Waals surface area contributed by atoms with Crippen LogP contribution in [0.25, 0.3) is 0 Å². The predicted molar refractivity (Wildman–Crippen MR) is 96.1 cm³/mol. The van der Waals surface area contributed by atoms with E-state index in [0.717, 1.165) is 44.1 Å². The van der Waals surface area contributed by atoms with Gasteiger partial charge < -0.3 is 15.7 Å². The lowest BCUT2D eigenvalue weighted by Crippen LogP contribution is -2.56. The third-order valence-corrected chi connectivity index (χ3v) is 5.35. The van der Waals surface area contributed by atoms with E-state index in [9.17, 15) is 5.11 Å². The van der Waals surface area contributed by atoms with Crippen molar-refractivity contribution in [3.63, 3.8) is 0 Å². The summed E-state index contributed by atoms with van der Waals surface area (Å²) < 4.78 is 0. The molecule has 0 unspecified atom stereocenters. The standard InChI is InChI=1S/C19H24N4O/c20-16-5-3-4-14-12-18(24)17(13-15(14)16)22-8-10-23(11-9-22)19-6-1-2-7-21-19/h1-7,17-18,24H,8-13,20H2/t17-,18-/m0/s1. The lowest BCUT2D eigenvalue weighted by atomic mass is 9.84. The minimum atomic E-state index is -0.319. The van der Waals surface area contributed by atoms with Crippen LogP contribution in [-0.4, -0.2) is 53.3 Å². The van der Waals surface area contributed by atoms with E-state index in [1.807, 2.05) is 30.5 Å². The Morgan fingerprint density at radius 3 is 2.58 bits per heavy atom. The summed E-state index contributed by atoms with van der Waals surface area (Å²) in [4.78, 5) is 9.17. The van der Waals surface area contributed by atoms with Gasteiger partial charge in [-0.2, -0.15) is 0 Å². The van der Waals surface area contributed by atoms with Gasteiger partial charge in [-0.1, -0.05) is 18.2 Å². The lowest BCUT2D eigenvalue weighted by molar-refractivity contribution is 0.0396. The number of nitrogens with zero attached hydrogens (tertiary/aromatic N) is 3. The Labute approximate surface area is 142 Å². The zero-order valence-electron chi connectivity index (χ0n) is 13.8. The summed E-state index contributed by atoms with van der Waals surface area (Å²) in [6.45, 7) is 3.77. The molecule has 1 aliphatic heterocycles. The number of aliphatic hydroxyl groups excluding tert-OH is 1. The smallest absolute Gasteiger partial charge is 0.128 e. The van der Waals surface area contributed by atoms with E-state index in [4.69, 9.17) is 5.73 Å². The molecule has 126 valence electrons. The molecule has 5 heteroatoms. The van der Waals surface area contributed by atoms with Crippen LogP contribution in [0.15, 0.2) is 42.6 Å². The topological polar surface area (TPSA) is 65.6 Å². The van der Waals surface area contributed by atoms with Crippen molar-refractivity contribution >= 4 is 11.5 Å². The van der Waals surface area contributed by atoms with Crippen LogP contribution in [-0.2, 0) is 12.8 Å². The van der Waals surface area contributed by atoms with E-state index in [1.165, 1.54) is 11.1 Å². The highest BCUT2D eigenvalue weighted by Gasteiger charge is 2.34. The van der Waals surface area contributed by atoms with Crippen molar-refractivity contribution in [3.05, 3.63) is 53.7 Å². The summed E-state index contributed by atoms with van der Waals surface area (Å²) in [6.07, 6.45) is 3.06. The average Bonchev–Trinajstić information content (AvgIpc) is 2.62. The van der Waals surface area contributed by atoms with E-state index in [0.29, 0.717) is 6.42 Å². The van der Waals surface area contributed by atoms with Crippen LogP contribution in [0, 0.1) is 0 Å². The van der Waals surface area contributed by atoms with E-state index in [2.05, 4.69) is 26.9 Å². The molecule has 3 N–H and O–H groups in total. The fourth-order valence-corrected chi connectivity index (χ4v) is 4.00. The fourth-order valence-electron chi connectivity index (χ4n) is 4.00. The minimum Gasteiger partial charge on any atom is -0.398 e. The molecule has 24 heavy (non-hydrogen) atoms. The highest BCUT2D eigenvalue weighted by Crippen LogP contribution is 2.29. The third-order valence-electron chi connectivity index (χ3n) is 5.35.